The molecule has 0 saturated heterocycles. The molecule has 1 atom stereocenters. The largest absolute Gasteiger partial charge is 0.497 e. The smallest absolute Gasteiger partial charge is 0.159 e. The van der Waals surface area contributed by atoms with Gasteiger partial charge >= 0.3 is 0 Å². The van der Waals surface area contributed by atoms with Gasteiger partial charge in [-0.05, 0) is 49.6 Å². The van der Waals surface area contributed by atoms with E-state index in [2.05, 4.69) is 11.4 Å². The van der Waals surface area contributed by atoms with E-state index in [0.717, 1.165) is 37.3 Å². The summed E-state index contributed by atoms with van der Waals surface area (Å²) in [7, 11) is 0. The number of rotatable bonds is 5. The van der Waals surface area contributed by atoms with E-state index < -0.39 is 11.6 Å². The summed E-state index contributed by atoms with van der Waals surface area (Å²) in [5, 5.41) is 3.33. The van der Waals surface area contributed by atoms with Crippen molar-refractivity contribution >= 4 is 0 Å². The van der Waals surface area contributed by atoms with Gasteiger partial charge in [-0.2, -0.15) is 0 Å². The molecule has 2 nitrogen and oxygen atoms in total. The van der Waals surface area contributed by atoms with Crippen molar-refractivity contribution in [3.63, 3.8) is 0 Å². The molecule has 1 aromatic rings. The zero-order chi connectivity index (χ0) is 13.7. The topological polar surface area (TPSA) is 21.3 Å². The van der Waals surface area contributed by atoms with Gasteiger partial charge in [-0.1, -0.05) is 13.0 Å². The van der Waals surface area contributed by atoms with Crippen LogP contribution < -0.4 is 5.32 Å². The Kier molecular flexibility index (Phi) is 4.91. The van der Waals surface area contributed by atoms with Gasteiger partial charge in [-0.15, -0.1) is 0 Å². The molecule has 0 aromatic heterocycles. The van der Waals surface area contributed by atoms with E-state index in [9.17, 15) is 8.78 Å². The second-order valence-corrected chi connectivity index (χ2v) is 4.66. The Morgan fingerprint density at radius 2 is 2.16 bits per heavy atom. The third-order valence-electron chi connectivity index (χ3n) is 3.18. The molecule has 0 spiro atoms. The van der Waals surface area contributed by atoms with Gasteiger partial charge in [-0.25, -0.2) is 8.78 Å². The number of ether oxygens (including phenoxy) is 1. The predicted molar refractivity (Wildman–Crippen MR) is 70.8 cm³/mol. The molecular formula is C15H19F2NO. The zero-order valence-corrected chi connectivity index (χ0v) is 11.1. The number of halogens is 2. The number of hydrogen-bond acceptors (Lipinski definition) is 2. The quantitative estimate of drug-likeness (QED) is 0.884. The zero-order valence-electron chi connectivity index (χ0n) is 11.1. The lowest BCUT2D eigenvalue weighted by atomic mass is 10.0. The van der Waals surface area contributed by atoms with Crippen LogP contribution >= 0.6 is 0 Å². The first-order chi connectivity index (χ1) is 9.20. The van der Waals surface area contributed by atoms with Crippen LogP contribution in [0.25, 0.3) is 0 Å². The summed E-state index contributed by atoms with van der Waals surface area (Å²) >= 11 is 0. The van der Waals surface area contributed by atoms with Crippen LogP contribution in [-0.2, 0) is 11.2 Å². The second kappa shape index (κ2) is 6.66. The summed E-state index contributed by atoms with van der Waals surface area (Å²) in [6.45, 7) is 3.54. The number of likely N-dealkylation sites (N-methyl/N-ethyl adjacent to an activating group) is 1. The third-order valence-corrected chi connectivity index (χ3v) is 3.18. The summed E-state index contributed by atoms with van der Waals surface area (Å²) in [5.74, 6) is -0.694. The molecule has 0 aliphatic carbocycles. The van der Waals surface area contributed by atoms with Crippen molar-refractivity contribution in [2.75, 3.05) is 13.2 Å². The Balaban J connectivity index is 2.11. The van der Waals surface area contributed by atoms with Crippen molar-refractivity contribution in [3.05, 3.63) is 47.2 Å². The van der Waals surface area contributed by atoms with Gasteiger partial charge in [0.05, 0.1) is 12.6 Å². The van der Waals surface area contributed by atoms with Gasteiger partial charge < -0.3 is 10.1 Å². The summed E-state index contributed by atoms with van der Waals surface area (Å²) in [6.07, 6.45) is 4.72. The third kappa shape index (κ3) is 3.77. The van der Waals surface area contributed by atoms with Crippen LogP contribution in [0.15, 0.2) is 30.0 Å². The van der Waals surface area contributed by atoms with Gasteiger partial charge in [0.2, 0.25) is 0 Å². The van der Waals surface area contributed by atoms with Gasteiger partial charge in [0.25, 0.3) is 0 Å². The first kappa shape index (κ1) is 14.0. The minimum atomic E-state index is -0.808. The van der Waals surface area contributed by atoms with E-state index in [1.54, 1.807) is 6.07 Å². The fourth-order valence-corrected chi connectivity index (χ4v) is 2.24. The highest BCUT2D eigenvalue weighted by atomic mass is 19.2. The van der Waals surface area contributed by atoms with Gasteiger partial charge in [0, 0.05) is 0 Å². The highest BCUT2D eigenvalue weighted by Gasteiger charge is 2.18. The lowest BCUT2D eigenvalue weighted by molar-refractivity contribution is 0.167. The lowest BCUT2D eigenvalue weighted by Crippen LogP contribution is -2.34. The maximum atomic E-state index is 13.2. The van der Waals surface area contributed by atoms with Crippen molar-refractivity contribution in [1.82, 2.24) is 5.32 Å². The van der Waals surface area contributed by atoms with Crippen LogP contribution in [0.2, 0.25) is 0 Å². The Bertz CT molecular complexity index is 459. The minimum Gasteiger partial charge on any atom is -0.497 e. The monoisotopic (exact) mass is 267 g/mol. The molecule has 1 heterocycles. The molecule has 1 aliphatic rings. The Morgan fingerprint density at radius 1 is 1.32 bits per heavy atom. The number of nitrogens with one attached hydrogen (secondary N) is 1. The van der Waals surface area contributed by atoms with E-state index >= 15 is 0 Å². The summed E-state index contributed by atoms with van der Waals surface area (Å²) in [5.41, 5.74) is 0.764. The average molecular weight is 267 g/mol. The average Bonchev–Trinajstić information content (AvgIpc) is 2.43. The van der Waals surface area contributed by atoms with E-state index in [0.29, 0.717) is 6.42 Å². The fraction of sp³-hybridized carbons (Fsp3) is 0.467. The first-order valence-electron chi connectivity index (χ1n) is 6.71. The molecule has 19 heavy (non-hydrogen) atoms. The lowest BCUT2D eigenvalue weighted by Gasteiger charge is -2.24. The Labute approximate surface area is 112 Å². The molecule has 0 fully saturated rings. The SMILES string of the molecule is CCNC(Cc1ccc(F)c(F)c1)C1=CCCCO1. The number of benzene rings is 1. The molecule has 104 valence electrons. The van der Waals surface area contributed by atoms with Gasteiger partial charge in [0.15, 0.2) is 11.6 Å². The molecular weight excluding hydrogens is 248 g/mol. The van der Waals surface area contributed by atoms with E-state index in [4.69, 9.17) is 4.74 Å². The maximum Gasteiger partial charge on any atom is 0.159 e. The fourth-order valence-electron chi connectivity index (χ4n) is 2.24. The summed E-state index contributed by atoms with van der Waals surface area (Å²) in [4.78, 5) is 0. The van der Waals surface area contributed by atoms with Crippen LogP contribution in [0, 0.1) is 11.6 Å². The number of hydrogen-bond donors (Lipinski definition) is 1. The van der Waals surface area contributed by atoms with Crippen molar-refractivity contribution in [1.29, 1.82) is 0 Å². The summed E-state index contributed by atoms with van der Waals surface area (Å²) < 4.78 is 31.8. The molecule has 4 heteroatoms. The predicted octanol–water partition coefficient (Wildman–Crippen LogP) is 3.18. The Morgan fingerprint density at radius 3 is 2.79 bits per heavy atom. The van der Waals surface area contributed by atoms with Crippen molar-refractivity contribution in [3.8, 4) is 0 Å². The molecule has 0 saturated carbocycles. The molecule has 1 N–H and O–H groups in total. The number of allylic oxidation sites excluding steroid dienone is 1. The highest BCUT2D eigenvalue weighted by molar-refractivity contribution is 5.21. The van der Waals surface area contributed by atoms with Crippen molar-refractivity contribution in [2.24, 2.45) is 0 Å². The standard InChI is InChI=1S/C15H19F2NO/c1-2-18-14(15-5-3-4-8-19-15)10-11-6-7-12(16)13(17)9-11/h5-7,9,14,18H,2-4,8,10H2,1H3. The molecule has 0 radical (unpaired) electrons. The van der Waals surface area contributed by atoms with Crippen LogP contribution in [0.5, 0.6) is 0 Å². The molecule has 2 rings (SSSR count). The maximum absolute atomic E-state index is 13.2. The van der Waals surface area contributed by atoms with Crippen molar-refractivity contribution in [2.45, 2.75) is 32.2 Å². The van der Waals surface area contributed by atoms with Gasteiger partial charge in [0.1, 0.15) is 5.76 Å². The first-order valence-corrected chi connectivity index (χ1v) is 6.71. The van der Waals surface area contributed by atoms with Gasteiger partial charge in [-0.3, -0.25) is 0 Å². The molecule has 1 aromatic carbocycles. The van der Waals surface area contributed by atoms with Crippen LogP contribution in [-0.4, -0.2) is 19.2 Å². The molecule has 1 aliphatic heterocycles. The van der Waals surface area contributed by atoms with E-state index in [1.165, 1.54) is 12.1 Å². The van der Waals surface area contributed by atoms with Crippen LogP contribution in [0.3, 0.4) is 0 Å². The molecule has 1 unspecified atom stereocenters. The second-order valence-electron chi connectivity index (χ2n) is 4.66. The summed E-state index contributed by atoms with van der Waals surface area (Å²) in [6, 6.07) is 4.06. The van der Waals surface area contributed by atoms with Crippen LogP contribution in [0.1, 0.15) is 25.3 Å². The van der Waals surface area contributed by atoms with Crippen LogP contribution in [0.4, 0.5) is 8.78 Å². The van der Waals surface area contributed by atoms with Crippen molar-refractivity contribution < 1.29 is 13.5 Å². The highest BCUT2D eigenvalue weighted by Crippen LogP contribution is 2.18. The van der Waals surface area contributed by atoms with E-state index in [1.807, 2.05) is 6.92 Å². The van der Waals surface area contributed by atoms with E-state index in [-0.39, 0.29) is 6.04 Å². The molecule has 0 bridgehead atoms. The normalized spacial score (nSPS) is 16.7. The minimum absolute atomic E-state index is 0.0233. The molecule has 0 amide bonds. The Hall–Kier alpha value is -1.42.